The van der Waals surface area contributed by atoms with Crippen LogP contribution in [0.4, 0.5) is 0 Å². The summed E-state index contributed by atoms with van der Waals surface area (Å²) >= 11 is 1.89. The van der Waals surface area contributed by atoms with Gasteiger partial charge in [-0.15, -0.1) is 0 Å². The van der Waals surface area contributed by atoms with Crippen LogP contribution in [0.15, 0.2) is 18.5 Å². The van der Waals surface area contributed by atoms with Crippen molar-refractivity contribution in [1.29, 1.82) is 0 Å². The Hall–Kier alpha value is -0.410. The number of aryl methyl sites for hydroxylation is 1. The fraction of sp³-hybridized carbons (Fsp3) is 0.667. The molecule has 0 aliphatic heterocycles. The molecule has 0 bridgehead atoms. The van der Waals surface area contributed by atoms with Crippen LogP contribution in [0, 0.1) is 5.92 Å². The zero-order chi connectivity index (χ0) is 10.7. The van der Waals surface area contributed by atoms with E-state index in [0.717, 1.165) is 12.1 Å². The summed E-state index contributed by atoms with van der Waals surface area (Å²) < 4.78 is 2.19. The van der Waals surface area contributed by atoms with E-state index >= 15 is 0 Å². The van der Waals surface area contributed by atoms with E-state index in [-0.39, 0.29) is 6.10 Å². The molecule has 1 aliphatic carbocycles. The fourth-order valence-electron chi connectivity index (χ4n) is 1.85. The summed E-state index contributed by atoms with van der Waals surface area (Å²) in [6.45, 7) is 1.07. The first-order chi connectivity index (χ1) is 7.31. The van der Waals surface area contributed by atoms with Crippen molar-refractivity contribution >= 4 is 11.8 Å². The number of nitrogens with zero attached hydrogens (tertiary/aromatic N) is 1. The number of aliphatic hydroxyl groups excluding tert-OH is 1. The molecule has 1 heterocycles. The van der Waals surface area contributed by atoms with Crippen LogP contribution in [0.2, 0.25) is 0 Å². The maximum absolute atomic E-state index is 9.93. The molecule has 84 valence electrons. The number of rotatable bonds is 6. The van der Waals surface area contributed by atoms with Crippen molar-refractivity contribution in [3.8, 4) is 0 Å². The molecule has 0 radical (unpaired) electrons. The smallest absolute Gasteiger partial charge is 0.0832 e. The number of aliphatic hydroxyl groups is 1. The molecule has 1 aromatic heterocycles. The Morgan fingerprint density at radius 3 is 3.07 bits per heavy atom. The van der Waals surface area contributed by atoms with Gasteiger partial charge in [-0.2, -0.15) is 11.8 Å². The monoisotopic (exact) mass is 225 g/mol. The average Bonchev–Trinajstić information content (AvgIpc) is 2.98. The van der Waals surface area contributed by atoms with Gasteiger partial charge in [-0.05, 0) is 48.8 Å². The van der Waals surface area contributed by atoms with E-state index in [1.165, 1.54) is 25.0 Å². The predicted molar refractivity (Wildman–Crippen MR) is 65.1 cm³/mol. The molecule has 0 amide bonds. The number of thioether (sulfide) groups is 1. The predicted octanol–water partition coefficient (Wildman–Crippen LogP) is 2.68. The lowest BCUT2D eigenvalue weighted by Crippen LogP contribution is -1.99. The molecule has 1 fully saturated rings. The number of hydrogen-bond donors (Lipinski definition) is 1. The van der Waals surface area contributed by atoms with Crippen molar-refractivity contribution in [2.45, 2.75) is 31.9 Å². The van der Waals surface area contributed by atoms with Gasteiger partial charge in [0.2, 0.25) is 0 Å². The zero-order valence-corrected chi connectivity index (χ0v) is 10.0. The molecule has 0 aromatic carbocycles. The van der Waals surface area contributed by atoms with Crippen LogP contribution in [-0.2, 0) is 6.54 Å². The summed E-state index contributed by atoms with van der Waals surface area (Å²) in [7, 11) is 0. The molecule has 0 spiro atoms. The van der Waals surface area contributed by atoms with Gasteiger partial charge in [0.25, 0.3) is 0 Å². The van der Waals surface area contributed by atoms with Crippen molar-refractivity contribution in [1.82, 2.24) is 4.57 Å². The van der Waals surface area contributed by atoms with Gasteiger partial charge in [-0.3, -0.25) is 0 Å². The molecule has 1 aromatic rings. The largest absolute Gasteiger partial charge is 0.388 e. The van der Waals surface area contributed by atoms with E-state index in [9.17, 15) is 5.11 Å². The average molecular weight is 225 g/mol. The molecule has 2 nitrogen and oxygen atoms in total. The van der Waals surface area contributed by atoms with Gasteiger partial charge in [-0.25, -0.2) is 0 Å². The third kappa shape index (κ3) is 3.02. The van der Waals surface area contributed by atoms with Crippen molar-refractivity contribution in [3.63, 3.8) is 0 Å². The van der Waals surface area contributed by atoms with E-state index in [4.69, 9.17) is 0 Å². The molecule has 15 heavy (non-hydrogen) atoms. The Bertz CT molecular complexity index is 306. The summed E-state index contributed by atoms with van der Waals surface area (Å²) in [6.07, 6.45) is 9.70. The Labute approximate surface area is 95.7 Å². The summed E-state index contributed by atoms with van der Waals surface area (Å²) in [5, 5.41) is 9.93. The second-order valence-electron chi connectivity index (χ2n) is 4.31. The second-order valence-corrected chi connectivity index (χ2v) is 5.30. The van der Waals surface area contributed by atoms with Gasteiger partial charge in [0.15, 0.2) is 0 Å². The highest BCUT2D eigenvalue weighted by Crippen LogP contribution is 2.40. The lowest BCUT2D eigenvalue weighted by Gasteiger charge is -2.06. The molecular formula is C12H19NOS. The zero-order valence-electron chi connectivity index (χ0n) is 9.22. The topological polar surface area (TPSA) is 25.2 Å². The van der Waals surface area contributed by atoms with Crippen LogP contribution >= 0.6 is 11.8 Å². The van der Waals surface area contributed by atoms with E-state index in [1.807, 2.05) is 11.8 Å². The van der Waals surface area contributed by atoms with Crippen LogP contribution in [0.1, 0.15) is 30.9 Å². The molecule has 0 saturated heterocycles. The Balaban J connectivity index is 1.85. The first kappa shape index (κ1) is 11.1. The van der Waals surface area contributed by atoms with E-state index in [1.54, 1.807) is 0 Å². The van der Waals surface area contributed by atoms with Crippen LogP contribution in [0.5, 0.6) is 0 Å². The van der Waals surface area contributed by atoms with Crippen molar-refractivity contribution in [3.05, 3.63) is 24.0 Å². The summed E-state index contributed by atoms with van der Waals surface area (Å²) in [6, 6.07) is 2.06. The summed E-state index contributed by atoms with van der Waals surface area (Å²) in [4.78, 5) is 0. The number of aromatic nitrogens is 1. The standard InChI is InChI=1S/C12H19NOS/c1-15-8-2-6-13-7-5-11(9-13)12(14)10-3-4-10/h5,7,9-10,12,14H,2-4,6,8H2,1H3. The SMILES string of the molecule is CSCCCn1ccc(C(O)C2CC2)c1. The molecule has 1 aliphatic rings. The van der Waals surface area contributed by atoms with Crippen LogP contribution in [0.25, 0.3) is 0 Å². The Kier molecular flexibility index (Phi) is 3.76. The highest BCUT2D eigenvalue weighted by atomic mass is 32.2. The molecule has 2 rings (SSSR count). The lowest BCUT2D eigenvalue weighted by atomic mass is 10.1. The minimum Gasteiger partial charge on any atom is -0.388 e. The second kappa shape index (κ2) is 5.08. The molecule has 3 heteroatoms. The third-order valence-electron chi connectivity index (χ3n) is 2.95. The van der Waals surface area contributed by atoms with Crippen molar-refractivity contribution < 1.29 is 5.11 Å². The van der Waals surface area contributed by atoms with E-state index in [2.05, 4.69) is 29.3 Å². The van der Waals surface area contributed by atoms with E-state index < -0.39 is 0 Å². The first-order valence-corrected chi connectivity index (χ1v) is 7.03. The summed E-state index contributed by atoms with van der Waals surface area (Å²) in [5.74, 6) is 1.74. The highest BCUT2D eigenvalue weighted by Gasteiger charge is 2.30. The Morgan fingerprint density at radius 2 is 2.40 bits per heavy atom. The maximum Gasteiger partial charge on any atom is 0.0832 e. The summed E-state index contributed by atoms with van der Waals surface area (Å²) in [5.41, 5.74) is 1.10. The quantitative estimate of drug-likeness (QED) is 0.753. The van der Waals surface area contributed by atoms with E-state index in [0.29, 0.717) is 5.92 Å². The van der Waals surface area contributed by atoms with Gasteiger partial charge in [0, 0.05) is 18.9 Å². The lowest BCUT2D eigenvalue weighted by molar-refractivity contribution is 0.154. The van der Waals surface area contributed by atoms with Gasteiger partial charge in [0.1, 0.15) is 0 Å². The molecule has 1 unspecified atom stereocenters. The normalized spacial score (nSPS) is 18.0. The van der Waals surface area contributed by atoms with Crippen LogP contribution in [-0.4, -0.2) is 21.7 Å². The van der Waals surface area contributed by atoms with Crippen molar-refractivity contribution in [2.24, 2.45) is 5.92 Å². The fourth-order valence-corrected chi connectivity index (χ4v) is 2.27. The van der Waals surface area contributed by atoms with Gasteiger partial charge >= 0.3 is 0 Å². The first-order valence-electron chi connectivity index (χ1n) is 5.64. The Morgan fingerprint density at radius 1 is 1.60 bits per heavy atom. The minimum absolute atomic E-state index is 0.216. The molecule has 1 N–H and O–H groups in total. The maximum atomic E-state index is 9.93. The molecular weight excluding hydrogens is 206 g/mol. The number of hydrogen-bond acceptors (Lipinski definition) is 2. The van der Waals surface area contributed by atoms with Gasteiger partial charge < -0.3 is 9.67 Å². The van der Waals surface area contributed by atoms with Crippen molar-refractivity contribution in [2.75, 3.05) is 12.0 Å². The third-order valence-corrected chi connectivity index (χ3v) is 3.65. The molecule has 1 saturated carbocycles. The highest BCUT2D eigenvalue weighted by molar-refractivity contribution is 7.98. The van der Waals surface area contributed by atoms with Crippen LogP contribution in [0.3, 0.4) is 0 Å². The van der Waals surface area contributed by atoms with Gasteiger partial charge in [-0.1, -0.05) is 0 Å². The van der Waals surface area contributed by atoms with Crippen LogP contribution < -0.4 is 0 Å². The minimum atomic E-state index is -0.216. The molecule has 1 atom stereocenters. The van der Waals surface area contributed by atoms with Gasteiger partial charge in [0.05, 0.1) is 6.10 Å².